The van der Waals surface area contributed by atoms with Gasteiger partial charge >= 0.3 is 0 Å². The lowest BCUT2D eigenvalue weighted by atomic mass is 9.97. The van der Waals surface area contributed by atoms with E-state index in [1.54, 1.807) is 30.3 Å². The number of Topliss-reactive ketones (excluding diaryl/α,β-unsaturated/α-hetero) is 1. The first-order chi connectivity index (χ1) is 11.1. The number of hydrogen-bond acceptors (Lipinski definition) is 3. The van der Waals surface area contributed by atoms with Crippen LogP contribution in [0.5, 0.6) is 0 Å². The first kappa shape index (κ1) is 16.4. The summed E-state index contributed by atoms with van der Waals surface area (Å²) in [5, 5.41) is 3.42. The molecule has 0 aliphatic carbocycles. The lowest BCUT2D eigenvalue weighted by molar-refractivity contribution is -0.119. The molecule has 1 aliphatic rings. The van der Waals surface area contributed by atoms with E-state index < -0.39 is 11.3 Å². The number of benzene rings is 2. The summed E-state index contributed by atoms with van der Waals surface area (Å²) in [6.45, 7) is 0. The summed E-state index contributed by atoms with van der Waals surface area (Å²) in [6, 6.07) is 13.7. The van der Waals surface area contributed by atoms with Gasteiger partial charge in [-0.05, 0) is 17.7 Å². The van der Waals surface area contributed by atoms with Gasteiger partial charge in [0.25, 0.3) is 0 Å². The lowest BCUT2D eigenvalue weighted by Gasteiger charge is -2.31. The summed E-state index contributed by atoms with van der Waals surface area (Å²) < 4.78 is 0. The van der Waals surface area contributed by atoms with Crippen molar-refractivity contribution in [1.29, 1.82) is 0 Å². The number of carbonyl (C=O) groups is 2. The molecular weight excluding hydrogens is 353 g/mol. The standard InChI is InChI=1S/C17H13Cl2NO2S/c18-11-6-7-12(13(19)8-11)15-17(23-9-14(21)20-15)16(22)10-4-2-1-3-5-10/h1-8,15,17H,9H2,(H,20,21)/t15-,17+/m1/s1. The zero-order valence-corrected chi connectivity index (χ0v) is 14.3. The average Bonchev–Trinajstić information content (AvgIpc) is 2.55. The Morgan fingerprint density at radius 1 is 1.13 bits per heavy atom. The van der Waals surface area contributed by atoms with Crippen LogP contribution in [0, 0.1) is 0 Å². The first-order valence-electron chi connectivity index (χ1n) is 7.01. The topological polar surface area (TPSA) is 46.2 Å². The molecule has 2 aromatic rings. The van der Waals surface area contributed by atoms with Crippen LogP contribution in [0.1, 0.15) is 22.0 Å². The highest BCUT2D eigenvalue weighted by Crippen LogP contribution is 2.36. The van der Waals surface area contributed by atoms with E-state index in [0.29, 0.717) is 21.2 Å². The number of rotatable bonds is 3. The number of hydrogen-bond donors (Lipinski definition) is 1. The molecule has 0 saturated carbocycles. The third kappa shape index (κ3) is 3.55. The van der Waals surface area contributed by atoms with Gasteiger partial charge in [0.05, 0.1) is 17.0 Å². The maximum Gasteiger partial charge on any atom is 0.230 e. The van der Waals surface area contributed by atoms with Crippen molar-refractivity contribution in [1.82, 2.24) is 5.32 Å². The van der Waals surface area contributed by atoms with Crippen LogP contribution in [-0.4, -0.2) is 22.7 Å². The number of amides is 1. The molecule has 23 heavy (non-hydrogen) atoms. The fourth-order valence-electron chi connectivity index (χ4n) is 2.54. The van der Waals surface area contributed by atoms with Crippen molar-refractivity contribution in [3.05, 3.63) is 69.7 Å². The minimum Gasteiger partial charge on any atom is -0.347 e. The largest absolute Gasteiger partial charge is 0.347 e. The maximum absolute atomic E-state index is 12.8. The monoisotopic (exact) mass is 365 g/mol. The number of thioether (sulfide) groups is 1. The van der Waals surface area contributed by atoms with Gasteiger partial charge in [-0.25, -0.2) is 0 Å². The van der Waals surface area contributed by atoms with Crippen LogP contribution in [0.3, 0.4) is 0 Å². The highest BCUT2D eigenvalue weighted by molar-refractivity contribution is 8.01. The van der Waals surface area contributed by atoms with Gasteiger partial charge in [0.1, 0.15) is 0 Å². The molecule has 2 aromatic carbocycles. The summed E-state index contributed by atoms with van der Waals surface area (Å²) in [6.07, 6.45) is 0. The summed E-state index contributed by atoms with van der Waals surface area (Å²) in [5.74, 6) is 0.125. The fraction of sp³-hybridized carbons (Fsp3) is 0.176. The summed E-state index contributed by atoms with van der Waals surface area (Å²) in [4.78, 5) is 24.6. The van der Waals surface area contributed by atoms with Crippen LogP contribution in [0.15, 0.2) is 48.5 Å². The number of ketones is 1. The molecule has 1 saturated heterocycles. The summed E-state index contributed by atoms with van der Waals surface area (Å²) >= 11 is 13.5. The normalized spacial score (nSPS) is 20.9. The molecule has 0 aromatic heterocycles. The van der Waals surface area contributed by atoms with E-state index in [2.05, 4.69) is 5.32 Å². The molecule has 3 rings (SSSR count). The van der Waals surface area contributed by atoms with Gasteiger partial charge in [0.15, 0.2) is 5.78 Å². The minimum absolute atomic E-state index is 0.0217. The molecule has 1 amide bonds. The first-order valence-corrected chi connectivity index (χ1v) is 8.82. The zero-order chi connectivity index (χ0) is 16.4. The van der Waals surface area contributed by atoms with Crippen LogP contribution < -0.4 is 5.32 Å². The van der Waals surface area contributed by atoms with Crippen molar-refractivity contribution < 1.29 is 9.59 Å². The van der Waals surface area contributed by atoms with Crippen molar-refractivity contribution in [3.8, 4) is 0 Å². The Balaban J connectivity index is 1.97. The van der Waals surface area contributed by atoms with E-state index in [-0.39, 0.29) is 17.4 Å². The van der Waals surface area contributed by atoms with Gasteiger partial charge in [-0.3, -0.25) is 9.59 Å². The lowest BCUT2D eigenvalue weighted by Crippen LogP contribution is -2.44. The highest BCUT2D eigenvalue weighted by Gasteiger charge is 2.36. The fourth-order valence-corrected chi connectivity index (χ4v) is 4.18. The molecule has 1 aliphatic heterocycles. The van der Waals surface area contributed by atoms with Crippen molar-refractivity contribution >= 4 is 46.7 Å². The second-order valence-corrected chi connectivity index (χ2v) is 7.15. The molecular formula is C17H13Cl2NO2S. The van der Waals surface area contributed by atoms with Crippen LogP contribution >= 0.6 is 35.0 Å². The van der Waals surface area contributed by atoms with Crippen LogP contribution in [-0.2, 0) is 4.79 Å². The van der Waals surface area contributed by atoms with E-state index in [4.69, 9.17) is 23.2 Å². The number of carbonyl (C=O) groups excluding carboxylic acids is 2. The third-order valence-corrected chi connectivity index (χ3v) is 5.46. The Morgan fingerprint density at radius 2 is 1.87 bits per heavy atom. The van der Waals surface area contributed by atoms with Gasteiger partial charge < -0.3 is 5.32 Å². The van der Waals surface area contributed by atoms with Gasteiger partial charge in [-0.2, -0.15) is 0 Å². The molecule has 0 spiro atoms. The molecule has 0 bridgehead atoms. The zero-order valence-electron chi connectivity index (χ0n) is 12.0. The van der Waals surface area contributed by atoms with Crippen LogP contribution in [0.2, 0.25) is 10.0 Å². The molecule has 3 nitrogen and oxygen atoms in total. The van der Waals surface area contributed by atoms with Crippen molar-refractivity contribution in [2.24, 2.45) is 0 Å². The quantitative estimate of drug-likeness (QED) is 0.831. The van der Waals surface area contributed by atoms with Crippen molar-refractivity contribution in [3.63, 3.8) is 0 Å². The molecule has 0 unspecified atom stereocenters. The van der Waals surface area contributed by atoms with E-state index in [1.165, 1.54) is 11.8 Å². The molecule has 1 heterocycles. The van der Waals surface area contributed by atoms with E-state index in [0.717, 1.165) is 0 Å². The predicted octanol–water partition coefficient (Wildman–Crippen LogP) is 4.15. The number of halogens is 2. The molecule has 1 fully saturated rings. The maximum atomic E-state index is 12.8. The average molecular weight is 366 g/mol. The third-order valence-electron chi connectivity index (χ3n) is 3.63. The molecule has 1 N–H and O–H groups in total. The van der Waals surface area contributed by atoms with E-state index in [9.17, 15) is 9.59 Å². The smallest absolute Gasteiger partial charge is 0.230 e. The Labute approximate surface area is 148 Å². The van der Waals surface area contributed by atoms with Gasteiger partial charge in [-0.1, -0.05) is 59.6 Å². The Morgan fingerprint density at radius 3 is 2.57 bits per heavy atom. The molecule has 2 atom stereocenters. The SMILES string of the molecule is O=C1CS[C@H](C(=O)c2ccccc2)[C@@H](c2ccc(Cl)cc2Cl)N1. The van der Waals surface area contributed by atoms with Crippen molar-refractivity contribution in [2.75, 3.05) is 5.75 Å². The van der Waals surface area contributed by atoms with Gasteiger partial charge in [0, 0.05) is 15.6 Å². The Kier molecular flexibility index (Phi) is 4.95. The molecule has 6 heteroatoms. The second-order valence-electron chi connectivity index (χ2n) is 5.17. The molecule has 118 valence electrons. The van der Waals surface area contributed by atoms with Gasteiger partial charge in [0.2, 0.25) is 5.91 Å². The Hall–Kier alpha value is -1.49. The number of nitrogens with one attached hydrogen (secondary N) is 1. The van der Waals surface area contributed by atoms with Crippen LogP contribution in [0.25, 0.3) is 0 Å². The summed E-state index contributed by atoms with van der Waals surface area (Å²) in [5.41, 5.74) is 1.32. The van der Waals surface area contributed by atoms with Crippen molar-refractivity contribution in [2.45, 2.75) is 11.3 Å². The molecule has 0 radical (unpaired) electrons. The highest BCUT2D eigenvalue weighted by atomic mass is 35.5. The van der Waals surface area contributed by atoms with Crippen LogP contribution in [0.4, 0.5) is 0 Å². The minimum atomic E-state index is -0.473. The van der Waals surface area contributed by atoms with E-state index in [1.807, 2.05) is 18.2 Å². The second kappa shape index (κ2) is 6.95. The Bertz CT molecular complexity index is 752. The van der Waals surface area contributed by atoms with E-state index >= 15 is 0 Å². The van der Waals surface area contributed by atoms with Gasteiger partial charge in [-0.15, -0.1) is 11.8 Å². The summed E-state index contributed by atoms with van der Waals surface area (Å²) in [7, 11) is 0. The predicted molar refractivity (Wildman–Crippen MR) is 94.4 cm³/mol.